The molecule has 132 valence electrons. The van der Waals surface area contributed by atoms with Gasteiger partial charge in [0.05, 0.1) is 12.9 Å². The zero-order chi connectivity index (χ0) is 17.9. The molecule has 1 aliphatic heterocycles. The van der Waals surface area contributed by atoms with Crippen LogP contribution in [0.3, 0.4) is 0 Å². The minimum atomic E-state index is -4.48. The first-order valence-corrected chi connectivity index (χ1v) is 6.50. The van der Waals surface area contributed by atoms with Crippen LogP contribution in [0.2, 0.25) is 0 Å². The summed E-state index contributed by atoms with van der Waals surface area (Å²) in [5.74, 6) is -4.86. The van der Waals surface area contributed by atoms with Crippen molar-refractivity contribution >= 4 is 17.1 Å². The van der Waals surface area contributed by atoms with E-state index in [0.29, 0.717) is 4.57 Å². The van der Waals surface area contributed by atoms with Gasteiger partial charge in [0.25, 0.3) is 12.0 Å². The molecule has 13 heteroatoms. The number of hydrogen-bond acceptors (Lipinski definition) is 7. The molecular formula is C11H11F4N5O4. The van der Waals surface area contributed by atoms with E-state index >= 15 is 0 Å². The number of aliphatic hydroxyl groups is 2. The van der Waals surface area contributed by atoms with Crippen LogP contribution < -0.4 is 11.3 Å². The largest absolute Gasteiger partial charge is 0.393 e. The van der Waals surface area contributed by atoms with Crippen LogP contribution >= 0.6 is 0 Å². The fourth-order valence-electron chi connectivity index (χ4n) is 2.53. The van der Waals surface area contributed by atoms with Crippen molar-refractivity contribution in [3.8, 4) is 0 Å². The van der Waals surface area contributed by atoms with Gasteiger partial charge in [-0.05, 0) is 0 Å². The number of hydrogen-bond donors (Lipinski definition) is 4. The Morgan fingerprint density at radius 2 is 2.17 bits per heavy atom. The summed E-state index contributed by atoms with van der Waals surface area (Å²) < 4.78 is 59.9. The second-order valence-corrected chi connectivity index (χ2v) is 5.20. The molecule has 0 saturated carbocycles. The standard InChI is InChI=1S/C11H11F4N5O4/c12-8(13)10(1-21)11(14,15)4(22)7(24-10)20-2-17-3-5(20)18-9(16)19-6(3)23/h2,4,7-8,21-22H,1H2,(H3,16,18,19,23)/t4-,7+,10-/m0/s1. The number of nitrogens with one attached hydrogen (secondary N) is 1. The summed E-state index contributed by atoms with van der Waals surface area (Å²) >= 11 is 0. The van der Waals surface area contributed by atoms with Crippen LogP contribution in [0, 0.1) is 0 Å². The minimum absolute atomic E-state index is 0.318. The SMILES string of the molecule is Nc1nc2c(ncn2[C@@H]2O[C@@](CO)(C(F)F)C(F)(F)[C@H]2O)c(=O)[nH]1. The molecule has 0 unspecified atom stereocenters. The number of fused-ring (bicyclic) bond motifs is 1. The summed E-state index contributed by atoms with van der Waals surface area (Å²) in [5.41, 5.74) is 0.278. The average molecular weight is 353 g/mol. The highest BCUT2D eigenvalue weighted by Gasteiger charge is 2.73. The van der Waals surface area contributed by atoms with E-state index in [2.05, 4.69) is 19.7 Å². The molecule has 0 spiro atoms. The lowest BCUT2D eigenvalue weighted by molar-refractivity contribution is -0.244. The number of aliphatic hydroxyl groups excluding tert-OH is 2. The Hall–Kier alpha value is -2.25. The number of aromatic amines is 1. The van der Waals surface area contributed by atoms with Crippen molar-refractivity contribution in [1.82, 2.24) is 19.5 Å². The van der Waals surface area contributed by atoms with Crippen molar-refractivity contribution < 1.29 is 32.5 Å². The number of H-pyrrole nitrogens is 1. The molecule has 0 aliphatic carbocycles. The fourth-order valence-corrected chi connectivity index (χ4v) is 2.53. The van der Waals surface area contributed by atoms with E-state index in [-0.39, 0.29) is 17.1 Å². The van der Waals surface area contributed by atoms with E-state index in [0.717, 1.165) is 6.33 Å². The molecule has 3 heterocycles. The highest BCUT2D eigenvalue weighted by molar-refractivity contribution is 5.70. The van der Waals surface area contributed by atoms with Gasteiger partial charge >= 0.3 is 5.92 Å². The molecular weight excluding hydrogens is 342 g/mol. The molecule has 2 aromatic heterocycles. The maximum Gasteiger partial charge on any atom is 0.314 e. The van der Waals surface area contributed by atoms with Crippen LogP contribution in [0.15, 0.2) is 11.1 Å². The fraction of sp³-hybridized carbons (Fsp3) is 0.545. The van der Waals surface area contributed by atoms with Gasteiger partial charge in [0.15, 0.2) is 23.5 Å². The molecule has 24 heavy (non-hydrogen) atoms. The molecule has 2 aromatic rings. The predicted molar refractivity (Wildman–Crippen MR) is 69.5 cm³/mol. The number of imidazole rings is 1. The Morgan fingerprint density at radius 1 is 1.50 bits per heavy atom. The van der Waals surface area contributed by atoms with Crippen LogP contribution in [0.1, 0.15) is 6.23 Å². The van der Waals surface area contributed by atoms with Gasteiger partial charge in [0.1, 0.15) is 0 Å². The summed E-state index contributed by atoms with van der Waals surface area (Å²) in [6.07, 6.45) is -7.80. The summed E-state index contributed by atoms with van der Waals surface area (Å²) in [7, 11) is 0. The Morgan fingerprint density at radius 3 is 2.71 bits per heavy atom. The lowest BCUT2D eigenvalue weighted by Crippen LogP contribution is -2.57. The van der Waals surface area contributed by atoms with E-state index in [4.69, 9.17) is 10.8 Å². The highest BCUT2D eigenvalue weighted by Crippen LogP contribution is 2.51. The molecule has 3 atom stereocenters. The Bertz CT molecular complexity index is 839. The maximum absolute atomic E-state index is 14.1. The zero-order valence-corrected chi connectivity index (χ0v) is 11.7. The Balaban J connectivity index is 2.16. The number of nitrogen functional groups attached to an aromatic ring is 1. The molecule has 9 nitrogen and oxygen atoms in total. The second-order valence-electron chi connectivity index (χ2n) is 5.20. The molecule has 0 aromatic carbocycles. The van der Waals surface area contributed by atoms with Crippen molar-refractivity contribution in [1.29, 1.82) is 0 Å². The summed E-state index contributed by atoms with van der Waals surface area (Å²) in [4.78, 5) is 21.1. The maximum atomic E-state index is 14.1. The van der Waals surface area contributed by atoms with Crippen LogP contribution in [0.25, 0.3) is 11.2 Å². The Labute approximate surface area is 129 Å². The quantitative estimate of drug-likeness (QED) is 0.531. The van der Waals surface area contributed by atoms with Crippen molar-refractivity contribution in [2.45, 2.75) is 30.3 Å². The number of nitrogens with two attached hydrogens (primary N) is 1. The summed E-state index contributed by atoms with van der Waals surface area (Å²) in [5, 5.41) is 18.8. The number of anilines is 1. The minimum Gasteiger partial charge on any atom is -0.393 e. The number of halogens is 4. The smallest absolute Gasteiger partial charge is 0.314 e. The van der Waals surface area contributed by atoms with Crippen molar-refractivity contribution in [2.24, 2.45) is 0 Å². The van der Waals surface area contributed by atoms with Crippen molar-refractivity contribution in [3.05, 3.63) is 16.7 Å². The first-order chi connectivity index (χ1) is 11.2. The third kappa shape index (κ3) is 1.94. The van der Waals surface area contributed by atoms with E-state index in [1.54, 1.807) is 0 Å². The van der Waals surface area contributed by atoms with Crippen molar-refractivity contribution in [2.75, 3.05) is 12.3 Å². The van der Waals surface area contributed by atoms with Gasteiger partial charge in [0, 0.05) is 0 Å². The van der Waals surface area contributed by atoms with E-state index in [1.807, 2.05) is 0 Å². The summed E-state index contributed by atoms with van der Waals surface area (Å²) in [6, 6.07) is 0. The first kappa shape index (κ1) is 16.6. The van der Waals surface area contributed by atoms with Gasteiger partial charge < -0.3 is 20.7 Å². The van der Waals surface area contributed by atoms with Gasteiger partial charge in [-0.2, -0.15) is 13.8 Å². The molecule has 1 saturated heterocycles. The lowest BCUT2D eigenvalue weighted by atomic mass is 9.95. The third-order valence-electron chi connectivity index (χ3n) is 3.85. The summed E-state index contributed by atoms with van der Waals surface area (Å²) in [6.45, 7) is -1.74. The number of rotatable bonds is 3. The van der Waals surface area contributed by atoms with Crippen LogP contribution in [0.4, 0.5) is 23.5 Å². The number of aromatic nitrogens is 4. The van der Waals surface area contributed by atoms with Crippen LogP contribution in [-0.2, 0) is 4.74 Å². The topological polar surface area (TPSA) is 139 Å². The van der Waals surface area contributed by atoms with Gasteiger partial charge in [0.2, 0.25) is 11.5 Å². The number of nitrogens with zero attached hydrogens (tertiary/aromatic N) is 3. The molecule has 3 rings (SSSR count). The molecule has 1 aliphatic rings. The second kappa shape index (κ2) is 5.12. The zero-order valence-electron chi connectivity index (χ0n) is 11.7. The van der Waals surface area contributed by atoms with Crippen LogP contribution in [0.5, 0.6) is 0 Å². The molecule has 0 bridgehead atoms. The van der Waals surface area contributed by atoms with Gasteiger partial charge in [-0.3, -0.25) is 14.3 Å². The molecule has 5 N–H and O–H groups in total. The Kier molecular flexibility index (Phi) is 3.54. The highest BCUT2D eigenvalue weighted by atomic mass is 19.3. The van der Waals surface area contributed by atoms with E-state index < -0.39 is 42.4 Å². The lowest BCUT2D eigenvalue weighted by Gasteiger charge is -2.31. The van der Waals surface area contributed by atoms with Gasteiger partial charge in [-0.25, -0.2) is 13.8 Å². The van der Waals surface area contributed by atoms with Gasteiger partial charge in [-0.15, -0.1) is 0 Å². The first-order valence-electron chi connectivity index (χ1n) is 6.50. The molecule has 0 radical (unpaired) electrons. The molecule has 1 fully saturated rings. The van der Waals surface area contributed by atoms with Crippen molar-refractivity contribution in [3.63, 3.8) is 0 Å². The van der Waals surface area contributed by atoms with E-state index in [9.17, 15) is 27.5 Å². The monoisotopic (exact) mass is 353 g/mol. The third-order valence-corrected chi connectivity index (χ3v) is 3.85. The number of ether oxygens (including phenoxy) is 1. The normalized spacial score (nSPS) is 29.6. The average Bonchev–Trinajstić information content (AvgIpc) is 2.98. The molecule has 0 amide bonds. The number of alkyl halides is 4. The predicted octanol–water partition coefficient (Wildman–Crippen LogP) is -0.777. The van der Waals surface area contributed by atoms with Crippen LogP contribution in [-0.4, -0.2) is 60.4 Å². The van der Waals surface area contributed by atoms with E-state index in [1.165, 1.54) is 0 Å². The van der Waals surface area contributed by atoms with Gasteiger partial charge in [-0.1, -0.05) is 0 Å².